The molecule has 1 saturated heterocycles. The minimum atomic E-state index is -0.0825. The molecule has 0 bridgehead atoms. The van der Waals surface area contributed by atoms with Crippen LogP contribution in [0.2, 0.25) is 0 Å². The van der Waals surface area contributed by atoms with Crippen molar-refractivity contribution >= 4 is 5.91 Å². The molecule has 1 fully saturated rings. The maximum Gasteiger partial charge on any atom is 0.290 e. The molecule has 1 aliphatic carbocycles. The van der Waals surface area contributed by atoms with Gasteiger partial charge in [-0.1, -0.05) is 82.3 Å². The zero-order valence-corrected chi connectivity index (χ0v) is 26.9. The van der Waals surface area contributed by atoms with Gasteiger partial charge in [0.1, 0.15) is 11.5 Å². The highest BCUT2D eigenvalue weighted by Gasteiger charge is 2.37. The summed E-state index contributed by atoms with van der Waals surface area (Å²) in [5.74, 6) is 1.34. The van der Waals surface area contributed by atoms with Gasteiger partial charge in [0.15, 0.2) is 5.76 Å². The van der Waals surface area contributed by atoms with Gasteiger partial charge in [0.25, 0.3) is 5.91 Å². The number of hydrogen-bond acceptors (Lipinski definition) is 4. The summed E-state index contributed by atoms with van der Waals surface area (Å²) in [6.45, 7) is 14.7. The summed E-state index contributed by atoms with van der Waals surface area (Å²) >= 11 is 0. The van der Waals surface area contributed by atoms with Crippen LogP contribution in [0.25, 0.3) is 0 Å². The van der Waals surface area contributed by atoms with E-state index in [0.29, 0.717) is 18.7 Å². The summed E-state index contributed by atoms with van der Waals surface area (Å²) in [6.07, 6.45) is 3.94. The van der Waals surface area contributed by atoms with Crippen molar-refractivity contribution in [3.63, 3.8) is 0 Å². The van der Waals surface area contributed by atoms with E-state index in [1.165, 1.54) is 40.7 Å². The minimum Gasteiger partial charge on any atom is -0.508 e. The zero-order valence-electron chi connectivity index (χ0n) is 26.9. The molecule has 4 aromatic rings. The van der Waals surface area contributed by atoms with Gasteiger partial charge < -0.3 is 14.4 Å². The van der Waals surface area contributed by atoms with Crippen molar-refractivity contribution in [3.8, 4) is 5.75 Å². The molecule has 1 N–H and O–H groups in total. The first-order chi connectivity index (χ1) is 21.0. The van der Waals surface area contributed by atoms with E-state index in [-0.39, 0.29) is 28.5 Å². The monoisotopic (exact) mass is 590 g/mol. The summed E-state index contributed by atoms with van der Waals surface area (Å²) in [6, 6.07) is 26.3. The first-order valence-corrected chi connectivity index (χ1v) is 16.1. The van der Waals surface area contributed by atoms with Crippen molar-refractivity contribution in [1.82, 2.24) is 9.80 Å². The van der Waals surface area contributed by atoms with Crippen LogP contribution in [-0.4, -0.2) is 39.9 Å². The number of phenols is 1. The SMILES string of the molecule is Cc1cc2c(cc1Cc1ccc(C(=O)N(Cc3ccc(O)cc3)C3CCN(Cc4ccccc4)C3)o1)C(C)(C)CCC2(C)C. The van der Waals surface area contributed by atoms with E-state index in [1.54, 1.807) is 12.1 Å². The van der Waals surface area contributed by atoms with Crippen LogP contribution in [-0.2, 0) is 30.3 Å². The van der Waals surface area contributed by atoms with Gasteiger partial charge in [0.05, 0.1) is 0 Å². The second-order valence-electron chi connectivity index (χ2n) is 14.3. The molecular formula is C39H46N2O3. The normalized spacial score (nSPS) is 19.1. The smallest absolute Gasteiger partial charge is 0.290 e. The van der Waals surface area contributed by atoms with Crippen LogP contribution in [0, 0.1) is 6.92 Å². The molecule has 2 aliphatic rings. The maximum atomic E-state index is 14.1. The van der Waals surface area contributed by atoms with Crippen LogP contribution in [0.5, 0.6) is 5.75 Å². The molecule has 3 aromatic carbocycles. The number of carbonyl (C=O) groups excluding carboxylic acids is 1. The molecule has 44 heavy (non-hydrogen) atoms. The fraction of sp³-hybridized carbons (Fsp3) is 0.410. The molecule has 230 valence electrons. The molecule has 2 heterocycles. The van der Waals surface area contributed by atoms with Gasteiger partial charge in [-0.15, -0.1) is 0 Å². The third-order valence-corrected chi connectivity index (χ3v) is 10.0. The number of nitrogens with zero attached hydrogens (tertiary/aromatic N) is 2. The molecule has 1 aromatic heterocycles. The Morgan fingerprint density at radius 3 is 2.30 bits per heavy atom. The number of hydrogen-bond donors (Lipinski definition) is 1. The Labute approximate surface area is 262 Å². The molecule has 1 atom stereocenters. The van der Waals surface area contributed by atoms with E-state index in [1.807, 2.05) is 35.2 Å². The molecule has 1 aliphatic heterocycles. The molecule has 5 heteroatoms. The first-order valence-electron chi connectivity index (χ1n) is 16.1. The number of aromatic hydroxyl groups is 1. The average molecular weight is 591 g/mol. The van der Waals surface area contributed by atoms with E-state index >= 15 is 0 Å². The van der Waals surface area contributed by atoms with Crippen LogP contribution < -0.4 is 0 Å². The molecule has 5 nitrogen and oxygen atoms in total. The lowest BCUT2D eigenvalue weighted by atomic mass is 9.62. The van der Waals surface area contributed by atoms with Crippen LogP contribution in [0.3, 0.4) is 0 Å². The van der Waals surface area contributed by atoms with Gasteiger partial charge in [-0.2, -0.15) is 0 Å². The number of fused-ring (bicyclic) bond motifs is 1. The Kier molecular flexibility index (Phi) is 8.19. The quantitative estimate of drug-likeness (QED) is 0.225. The molecular weight excluding hydrogens is 544 g/mol. The van der Waals surface area contributed by atoms with Crippen LogP contribution in [0.15, 0.2) is 83.3 Å². The second-order valence-corrected chi connectivity index (χ2v) is 14.3. The second kappa shape index (κ2) is 11.9. The Balaban J connectivity index is 1.23. The Morgan fingerprint density at radius 1 is 0.909 bits per heavy atom. The molecule has 0 radical (unpaired) electrons. The number of amides is 1. The predicted octanol–water partition coefficient (Wildman–Crippen LogP) is 8.15. The van der Waals surface area contributed by atoms with E-state index in [0.717, 1.165) is 37.4 Å². The van der Waals surface area contributed by atoms with Gasteiger partial charge in [0, 0.05) is 38.6 Å². The van der Waals surface area contributed by atoms with Crippen molar-refractivity contribution in [3.05, 3.63) is 124 Å². The van der Waals surface area contributed by atoms with E-state index in [2.05, 4.69) is 75.9 Å². The van der Waals surface area contributed by atoms with Gasteiger partial charge in [-0.05, 0) is 94.7 Å². The lowest BCUT2D eigenvalue weighted by molar-refractivity contribution is 0.0630. The van der Waals surface area contributed by atoms with Gasteiger partial charge in [-0.25, -0.2) is 0 Å². The topological polar surface area (TPSA) is 56.9 Å². The average Bonchev–Trinajstić information content (AvgIpc) is 3.66. The van der Waals surface area contributed by atoms with Gasteiger partial charge in [0.2, 0.25) is 0 Å². The third kappa shape index (κ3) is 6.34. The van der Waals surface area contributed by atoms with Crippen LogP contribution >= 0.6 is 0 Å². The minimum absolute atomic E-state index is 0.0713. The fourth-order valence-corrected chi connectivity index (χ4v) is 7.09. The molecule has 0 saturated carbocycles. The number of phenolic OH excluding ortho intramolecular Hbond substituents is 1. The number of carbonyl (C=O) groups is 1. The summed E-state index contributed by atoms with van der Waals surface area (Å²) < 4.78 is 6.32. The van der Waals surface area contributed by atoms with E-state index < -0.39 is 0 Å². The van der Waals surface area contributed by atoms with Crippen molar-refractivity contribution in [2.24, 2.45) is 0 Å². The van der Waals surface area contributed by atoms with Crippen molar-refractivity contribution in [2.45, 2.75) is 90.3 Å². The number of aryl methyl sites for hydroxylation is 1. The molecule has 1 unspecified atom stereocenters. The third-order valence-electron chi connectivity index (χ3n) is 10.0. The Hall–Kier alpha value is -3.83. The largest absolute Gasteiger partial charge is 0.508 e. The van der Waals surface area contributed by atoms with Crippen LogP contribution in [0.1, 0.15) is 96.7 Å². The fourth-order valence-electron chi connectivity index (χ4n) is 7.09. The summed E-state index contributed by atoms with van der Waals surface area (Å²) in [5, 5.41) is 9.83. The molecule has 0 spiro atoms. The number of furan rings is 1. The summed E-state index contributed by atoms with van der Waals surface area (Å²) in [7, 11) is 0. The lowest BCUT2D eigenvalue weighted by Gasteiger charge is -2.42. The highest BCUT2D eigenvalue weighted by molar-refractivity contribution is 5.91. The number of rotatable bonds is 8. The van der Waals surface area contributed by atoms with Crippen molar-refractivity contribution in [1.29, 1.82) is 0 Å². The van der Waals surface area contributed by atoms with Gasteiger partial charge in [-0.3, -0.25) is 9.69 Å². The number of benzene rings is 3. The Morgan fingerprint density at radius 2 is 1.59 bits per heavy atom. The zero-order chi connectivity index (χ0) is 31.1. The lowest BCUT2D eigenvalue weighted by Crippen LogP contribution is -2.41. The molecule has 1 amide bonds. The van der Waals surface area contributed by atoms with E-state index in [4.69, 9.17) is 4.42 Å². The predicted molar refractivity (Wildman–Crippen MR) is 176 cm³/mol. The van der Waals surface area contributed by atoms with Crippen molar-refractivity contribution < 1.29 is 14.3 Å². The highest BCUT2D eigenvalue weighted by Crippen LogP contribution is 2.46. The van der Waals surface area contributed by atoms with E-state index in [9.17, 15) is 9.90 Å². The van der Waals surface area contributed by atoms with Gasteiger partial charge >= 0.3 is 0 Å². The highest BCUT2D eigenvalue weighted by atomic mass is 16.4. The van der Waals surface area contributed by atoms with Crippen molar-refractivity contribution in [2.75, 3.05) is 13.1 Å². The number of likely N-dealkylation sites (tertiary alicyclic amines) is 1. The molecule has 6 rings (SSSR count). The maximum absolute atomic E-state index is 14.1. The standard InChI is InChI=1S/C39H46N2O3/c1-27-21-34-35(39(4,5)19-18-38(34,2)3)23-30(27)22-33-15-16-36(44-33)37(43)41(25-29-11-13-32(42)14-12-29)31-17-20-40(26-31)24-28-9-7-6-8-10-28/h6-16,21,23,31,42H,17-20,22,24-26H2,1-5H3. The summed E-state index contributed by atoms with van der Waals surface area (Å²) in [4.78, 5) is 18.5. The Bertz CT molecular complexity index is 1620. The summed E-state index contributed by atoms with van der Waals surface area (Å²) in [5.41, 5.74) is 8.03. The van der Waals surface area contributed by atoms with Crippen LogP contribution in [0.4, 0.5) is 0 Å². The first kappa shape index (κ1) is 30.2.